The number of carbonyl (C=O) groups excluding carboxylic acids is 2. The lowest BCUT2D eigenvalue weighted by atomic mass is 9.96. The summed E-state index contributed by atoms with van der Waals surface area (Å²) in [5.74, 6) is 0.122. The number of nitrogens with two attached hydrogens (primary N) is 1. The lowest BCUT2D eigenvalue weighted by molar-refractivity contribution is -0.126. The lowest BCUT2D eigenvalue weighted by Gasteiger charge is -2.30. The maximum Gasteiger partial charge on any atom is 0.255 e. The summed E-state index contributed by atoms with van der Waals surface area (Å²) in [7, 11) is 1.49. The summed E-state index contributed by atoms with van der Waals surface area (Å²) in [6, 6.07) is 12.9. The van der Waals surface area contributed by atoms with Gasteiger partial charge in [0.25, 0.3) is 5.91 Å². The first-order chi connectivity index (χ1) is 15.4. The highest BCUT2D eigenvalue weighted by Gasteiger charge is 2.24. The van der Waals surface area contributed by atoms with E-state index in [2.05, 4.69) is 15.4 Å². The van der Waals surface area contributed by atoms with E-state index in [1.165, 1.54) is 18.9 Å². The average molecular weight is 459 g/mol. The third-order valence-corrected chi connectivity index (χ3v) is 5.48. The fraction of sp³-hybridized carbons (Fsp3) is 0.348. The Balaban J connectivity index is 1.46. The molecule has 1 fully saturated rings. The van der Waals surface area contributed by atoms with Crippen LogP contribution in [0.25, 0.3) is 0 Å². The van der Waals surface area contributed by atoms with E-state index in [4.69, 9.17) is 26.8 Å². The Hall–Kier alpha value is -3.10. The van der Waals surface area contributed by atoms with Crippen molar-refractivity contribution in [3.63, 3.8) is 0 Å². The average Bonchev–Trinajstić information content (AvgIpc) is 2.80. The van der Waals surface area contributed by atoms with E-state index in [0.717, 1.165) is 37.5 Å². The van der Waals surface area contributed by atoms with Crippen LogP contribution in [0.15, 0.2) is 47.6 Å². The van der Waals surface area contributed by atoms with Crippen LogP contribution in [0.4, 0.5) is 0 Å². The van der Waals surface area contributed by atoms with E-state index in [-0.39, 0.29) is 18.4 Å². The van der Waals surface area contributed by atoms with Crippen LogP contribution in [0, 0.1) is 5.92 Å². The van der Waals surface area contributed by atoms with Crippen molar-refractivity contribution in [3.8, 4) is 11.5 Å². The van der Waals surface area contributed by atoms with Crippen LogP contribution in [0.5, 0.6) is 11.5 Å². The molecule has 0 aromatic heterocycles. The number of hydrazone groups is 1. The molecule has 1 saturated heterocycles. The van der Waals surface area contributed by atoms with Crippen LogP contribution < -0.4 is 20.6 Å². The fourth-order valence-electron chi connectivity index (χ4n) is 3.50. The summed E-state index contributed by atoms with van der Waals surface area (Å²) in [6.45, 7) is 2.33. The number of halogens is 1. The van der Waals surface area contributed by atoms with Gasteiger partial charge < -0.3 is 15.2 Å². The van der Waals surface area contributed by atoms with Crippen molar-refractivity contribution in [2.45, 2.75) is 19.4 Å². The summed E-state index contributed by atoms with van der Waals surface area (Å²) in [4.78, 5) is 25.7. The van der Waals surface area contributed by atoms with Gasteiger partial charge in [-0.15, -0.1) is 0 Å². The van der Waals surface area contributed by atoms with Crippen LogP contribution in [0.3, 0.4) is 0 Å². The molecule has 8 nitrogen and oxygen atoms in total. The predicted octanol–water partition coefficient (Wildman–Crippen LogP) is 2.58. The second-order valence-corrected chi connectivity index (χ2v) is 8.01. The number of benzene rings is 2. The molecule has 1 aliphatic heterocycles. The molecule has 1 heterocycles. The number of ether oxygens (including phenoxy) is 2. The SMILES string of the molecule is COc1cc(/C=N/NC(=O)C2CCN(Cc3ccc(Cl)cc3)CC2)ccc1OCC(N)=O. The fourth-order valence-corrected chi connectivity index (χ4v) is 3.62. The topological polar surface area (TPSA) is 106 Å². The third-order valence-electron chi connectivity index (χ3n) is 5.22. The molecule has 0 aliphatic carbocycles. The molecule has 9 heteroatoms. The number of hydrogen-bond acceptors (Lipinski definition) is 6. The van der Waals surface area contributed by atoms with Crippen molar-refractivity contribution in [1.29, 1.82) is 0 Å². The molecule has 0 unspecified atom stereocenters. The Kier molecular flexibility index (Phi) is 8.47. The Morgan fingerprint density at radius 3 is 2.56 bits per heavy atom. The number of methoxy groups -OCH3 is 1. The van der Waals surface area contributed by atoms with Gasteiger partial charge in [0.1, 0.15) is 0 Å². The number of primary amides is 1. The Morgan fingerprint density at radius 2 is 1.91 bits per heavy atom. The molecule has 2 amide bonds. The van der Waals surface area contributed by atoms with Gasteiger partial charge in [0, 0.05) is 17.5 Å². The number of hydrogen-bond donors (Lipinski definition) is 2. The summed E-state index contributed by atoms with van der Waals surface area (Å²) < 4.78 is 10.6. The summed E-state index contributed by atoms with van der Waals surface area (Å²) in [5, 5.41) is 4.80. The highest BCUT2D eigenvalue weighted by molar-refractivity contribution is 6.30. The molecule has 3 N–H and O–H groups in total. The smallest absolute Gasteiger partial charge is 0.255 e. The van der Waals surface area contributed by atoms with Crippen LogP contribution in [-0.2, 0) is 16.1 Å². The molecule has 0 atom stereocenters. The van der Waals surface area contributed by atoms with Crippen LogP contribution in [-0.4, -0.2) is 49.7 Å². The molecular weight excluding hydrogens is 432 g/mol. The molecule has 0 spiro atoms. The van der Waals surface area contributed by atoms with Crippen LogP contribution in [0.1, 0.15) is 24.0 Å². The van der Waals surface area contributed by atoms with Gasteiger partial charge in [-0.2, -0.15) is 5.10 Å². The number of nitrogens with one attached hydrogen (secondary N) is 1. The van der Waals surface area contributed by atoms with Gasteiger partial charge in [0.2, 0.25) is 5.91 Å². The largest absolute Gasteiger partial charge is 0.493 e. The number of nitrogens with zero attached hydrogens (tertiary/aromatic N) is 2. The van der Waals surface area contributed by atoms with Crippen molar-refractivity contribution in [1.82, 2.24) is 10.3 Å². The van der Waals surface area contributed by atoms with E-state index in [9.17, 15) is 9.59 Å². The van der Waals surface area contributed by atoms with Gasteiger partial charge in [-0.3, -0.25) is 14.5 Å². The molecule has 3 rings (SSSR count). The van der Waals surface area contributed by atoms with E-state index in [0.29, 0.717) is 17.1 Å². The summed E-state index contributed by atoms with van der Waals surface area (Å²) in [6.07, 6.45) is 3.11. The minimum absolute atomic E-state index is 0.0623. The van der Waals surface area contributed by atoms with Gasteiger partial charge in [0.05, 0.1) is 13.3 Å². The number of amides is 2. The zero-order valence-corrected chi connectivity index (χ0v) is 18.7. The van der Waals surface area contributed by atoms with Crippen LogP contribution >= 0.6 is 11.6 Å². The number of likely N-dealkylation sites (tertiary alicyclic amines) is 1. The monoisotopic (exact) mass is 458 g/mol. The van der Waals surface area contributed by atoms with Crippen molar-refractivity contribution < 1.29 is 19.1 Å². The number of piperidine rings is 1. The Morgan fingerprint density at radius 1 is 1.19 bits per heavy atom. The molecule has 2 aromatic carbocycles. The maximum absolute atomic E-state index is 12.5. The first kappa shape index (κ1) is 23.6. The van der Waals surface area contributed by atoms with Crippen molar-refractivity contribution in [2.24, 2.45) is 16.8 Å². The molecule has 2 aromatic rings. The van der Waals surface area contributed by atoms with E-state index in [1.807, 2.05) is 24.3 Å². The zero-order valence-electron chi connectivity index (χ0n) is 17.9. The Labute approximate surface area is 192 Å². The minimum atomic E-state index is -0.573. The van der Waals surface area contributed by atoms with Gasteiger partial charge >= 0.3 is 0 Å². The minimum Gasteiger partial charge on any atom is -0.493 e. The summed E-state index contributed by atoms with van der Waals surface area (Å²) in [5.41, 5.74) is 9.64. The number of rotatable bonds is 9. The van der Waals surface area contributed by atoms with Crippen molar-refractivity contribution >= 4 is 29.6 Å². The molecule has 32 heavy (non-hydrogen) atoms. The highest BCUT2D eigenvalue weighted by atomic mass is 35.5. The van der Waals surface area contributed by atoms with Gasteiger partial charge in [-0.1, -0.05) is 23.7 Å². The van der Waals surface area contributed by atoms with Gasteiger partial charge in [-0.25, -0.2) is 5.43 Å². The molecule has 0 radical (unpaired) electrons. The second-order valence-electron chi connectivity index (χ2n) is 7.58. The molecule has 0 saturated carbocycles. The first-order valence-electron chi connectivity index (χ1n) is 10.3. The van der Waals surface area contributed by atoms with E-state index in [1.54, 1.807) is 18.2 Å². The van der Waals surface area contributed by atoms with Crippen molar-refractivity contribution in [2.75, 3.05) is 26.8 Å². The molecule has 0 bridgehead atoms. The van der Waals surface area contributed by atoms with E-state index >= 15 is 0 Å². The van der Waals surface area contributed by atoms with Crippen LogP contribution in [0.2, 0.25) is 5.02 Å². The predicted molar refractivity (Wildman–Crippen MR) is 123 cm³/mol. The quantitative estimate of drug-likeness (QED) is 0.443. The standard InChI is InChI=1S/C23H27ClN4O4/c1-31-21-12-17(4-7-20(21)32-15-22(25)29)13-26-27-23(30)18-8-10-28(11-9-18)14-16-2-5-19(24)6-3-16/h2-7,12-13,18H,8-11,14-15H2,1H3,(H2,25,29)(H,27,30)/b26-13+. The normalized spacial score (nSPS) is 14.9. The number of carbonyl (C=O) groups is 2. The second kappa shape index (κ2) is 11.5. The molecular formula is C23H27ClN4O4. The molecule has 170 valence electrons. The van der Waals surface area contributed by atoms with E-state index < -0.39 is 5.91 Å². The van der Waals surface area contributed by atoms with Crippen molar-refractivity contribution in [3.05, 3.63) is 58.6 Å². The third kappa shape index (κ3) is 6.96. The maximum atomic E-state index is 12.5. The lowest BCUT2D eigenvalue weighted by Crippen LogP contribution is -2.39. The zero-order chi connectivity index (χ0) is 22.9. The Bertz CT molecular complexity index is 957. The summed E-state index contributed by atoms with van der Waals surface area (Å²) >= 11 is 5.94. The highest BCUT2D eigenvalue weighted by Crippen LogP contribution is 2.27. The molecule has 1 aliphatic rings. The van der Waals surface area contributed by atoms with Gasteiger partial charge in [0.15, 0.2) is 18.1 Å². The van der Waals surface area contributed by atoms with Gasteiger partial charge in [-0.05, 0) is 67.4 Å². The first-order valence-corrected chi connectivity index (χ1v) is 10.7.